The van der Waals surface area contributed by atoms with Gasteiger partial charge >= 0.3 is 0 Å². The molecule has 1 aliphatic rings. The van der Waals surface area contributed by atoms with Crippen LogP contribution in [0.2, 0.25) is 0 Å². The third kappa shape index (κ3) is 3.33. The van der Waals surface area contributed by atoms with Crippen LogP contribution in [0.3, 0.4) is 0 Å². The van der Waals surface area contributed by atoms with Gasteiger partial charge in [0, 0.05) is 44.3 Å². The molecule has 0 N–H and O–H groups in total. The molecule has 0 aromatic heterocycles. The molecule has 1 fully saturated rings. The van der Waals surface area contributed by atoms with Gasteiger partial charge in [-0.3, -0.25) is 4.90 Å². The summed E-state index contributed by atoms with van der Waals surface area (Å²) in [7, 11) is 0. The zero-order valence-corrected chi connectivity index (χ0v) is 13.7. The zero-order chi connectivity index (χ0) is 15.4. The Bertz CT molecular complexity index is 566. The number of benzene rings is 2. The smallest absolute Gasteiger partial charge is 0.0366 e. The highest BCUT2D eigenvalue weighted by Crippen LogP contribution is 2.29. The van der Waals surface area contributed by atoms with Gasteiger partial charge in [0.2, 0.25) is 0 Å². The number of rotatable bonds is 6. The molecular formula is C20H26N2. The molecule has 1 heterocycles. The fourth-order valence-electron chi connectivity index (χ4n) is 3.30. The largest absolute Gasteiger partial charge is 0.372 e. The van der Waals surface area contributed by atoms with Crippen LogP contribution in [-0.2, 0) is 6.54 Å². The van der Waals surface area contributed by atoms with E-state index in [1.165, 1.54) is 29.9 Å². The molecule has 2 heteroatoms. The van der Waals surface area contributed by atoms with Crippen molar-refractivity contribution < 1.29 is 0 Å². The number of hydrogen-bond donors (Lipinski definition) is 0. The quantitative estimate of drug-likeness (QED) is 0.790. The Hall–Kier alpha value is -1.80. The maximum Gasteiger partial charge on any atom is 0.0366 e. The monoisotopic (exact) mass is 294 g/mol. The van der Waals surface area contributed by atoms with Crippen LogP contribution in [-0.4, -0.2) is 31.1 Å². The highest BCUT2D eigenvalue weighted by atomic mass is 15.2. The standard InChI is InChI=1S/C20H26N2/c1-3-22(4-2)20-12-10-18(11-13-20)19-15-21(16-19)14-17-8-6-5-7-9-17/h5-13,19H,3-4,14-16H2,1-2H3. The van der Waals surface area contributed by atoms with Crippen molar-refractivity contribution in [3.05, 3.63) is 65.7 Å². The van der Waals surface area contributed by atoms with Crippen molar-refractivity contribution in [2.24, 2.45) is 0 Å². The molecule has 0 bridgehead atoms. The summed E-state index contributed by atoms with van der Waals surface area (Å²) in [5, 5.41) is 0. The number of hydrogen-bond acceptors (Lipinski definition) is 2. The normalized spacial score (nSPS) is 15.5. The summed E-state index contributed by atoms with van der Waals surface area (Å²) in [5.41, 5.74) is 4.24. The van der Waals surface area contributed by atoms with E-state index >= 15 is 0 Å². The SMILES string of the molecule is CCN(CC)c1ccc(C2CN(Cc3ccccc3)C2)cc1. The van der Waals surface area contributed by atoms with Crippen LogP contribution in [0, 0.1) is 0 Å². The van der Waals surface area contributed by atoms with Crippen molar-refractivity contribution >= 4 is 5.69 Å². The van der Waals surface area contributed by atoms with Crippen LogP contribution >= 0.6 is 0 Å². The van der Waals surface area contributed by atoms with Crippen LogP contribution in [0.5, 0.6) is 0 Å². The Balaban J connectivity index is 1.54. The summed E-state index contributed by atoms with van der Waals surface area (Å²) in [6.07, 6.45) is 0. The molecule has 1 saturated heterocycles. The molecule has 0 atom stereocenters. The van der Waals surface area contributed by atoms with Crippen LogP contribution in [0.25, 0.3) is 0 Å². The lowest BCUT2D eigenvalue weighted by molar-refractivity contribution is 0.139. The maximum atomic E-state index is 2.53. The molecule has 116 valence electrons. The van der Waals surface area contributed by atoms with Crippen molar-refractivity contribution in [3.63, 3.8) is 0 Å². The topological polar surface area (TPSA) is 6.48 Å². The molecule has 2 aromatic rings. The fraction of sp³-hybridized carbons (Fsp3) is 0.400. The second-order valence-electron chi connectivity index (χ2n) is 6.14. The summed E-state index contributed by atoms with van der Waals surface area (Å²) in [6.45, 7) is 10.0. The number of likely N-dealkylation sites (tertiary alicyclic amines) is 1. The van der Waals surface area contributed by atoms with Gasteiger partial charge in [-0.05, 0) is 37.1 Å². The Kier molecular flexibility index (Phi) is 4.79. The van der Waals surface area contributed by atoms with Crippen LogP contribution < -0.4 is 4.90 Å². The molecule has 0 unspecified atom stereocenters. The second-order valence-corrected chi connectivity index (χ2v) is 6.14. The Morgan fingerprint density at radius 3 is 2.14 bits per heavy atom. The van der Waals surface area contributed by atoms with E-state index in [2.05, 4.69) is 78.2 Å². The Labute approximate surface area is 134 Å². The van der Waals surface area contributed by atoms with E-state index in [-0.39, 0.29) is 0 Å². The molecule has 22 heavy (non-hydrogen) atoms. The highest BCUT2D eigenvalue weighted by Gasteiger charge is 2.27. The van der Waals surface area contributed by atoms with Gasteiger partial charge in [-0.2, -0.15) is 0 Å². The van der Waals surface area contributed by atoms with E-state index in [4.69, 9.17) is 0 Å². The van der Waals surface area contributed by atoms with Gasteiger partial charge in [-0.1, -0.05) is 42.5 Å². The van der Waals surface area contributed by atoms with E-state index in [1.54, 1.807) is 0 Å². The minimum atomic E-state index is 0.703. The first kappa shape index (κ1) is 15.1. The third-order valence-corrected chi connectivity index (χ3v) is 4.70. The zero-order valence-electron chi connectivity index (χ0n) is 13.7. The summed E-state index contributed by atoms with van der Waals surface area (Å²) in [4.78, 5) is 4.92. The fourth-order valence-corrected chi connectivity index (χ4v) is 3.30. The molecule has 2 nitrogen and oxygen atoms in total. The molecule has 1 aliphatic heterocycles. The predicted molar refractivity (Wildman–Crippen MR) is 94.5 cm³/mol. The molecule has 2 aromatic carbocycles. The van der Waals surface area contributed by atoms with Crippen molar-refractivity contribution in [1.29, 1.82) is 0 Å². The van der Waals surface area contributed by atoms with Crippen LogP contribution in [0.1, 0.15) is 30.9 Å². The van der Waals surface area contributed by atoms with Gasteiger partial charge in [0.1, 0.15) is 0 Å². The lowest BCUT2D eigenvalue weighted by Crippen LogP contribution is -2.44. The Morgan fingerprint density at radius 1 is 0.909 bits per heavy atom. The second kappa shape index (κ2) is 6.97. The summed E-state index contributed by atoms with van der Waals surface area (Å²) in [6, 6.07) is 20.0. The van der Waals surface area contributed by atoms with Gasteiger partial charge < -0.3 is 4.90 Å². The van der Waals surface area contributed by atoms with Gasteiger partial charge in [-0.15, -0.1) is 0 Å². The first-order valence-electron chi connectivity index (χ1n) is 8.41. The number of nitrogens with zero attached hydrogens (tertiary/aromatic N) is 2. The molecule has 0 amide bonds. The molecule has 0 radical (unpaired) electrons. The first-order valence-corrected chi connectivity index (χ1v) is 8.41. The predicted octanol–water partition coefficient (Wildman–Crippen LogP) is 4.13. The average molecular weight is 294 g/mol. The van der Waals surface area contributed by atoms with E-state index in [0.717, 1.165) is 19.6 Å². The minimum Gasteiger partial charge on any atom is -0.372 e. The van der Waals surface area contributed by atoms with Crippen molar-refractivity contribution in [1.82, 2.24) is 4.90 Å². The summed E-state index contributed by atoms with van der Waals surface area (Å²) >= 11 is 0. The van der Waals surface area contributed by atoms with Crippen LogP contribution in [0.4, 0.5) is 5.69 Å². The van der Waals surface area contributed by atoms with Crippen molar-refractivity contribution in [2.75, 3.05) is 31.1 Å². The molecule has 0 saturated carbocycles. The molecule has 0 aliphatic carbocycles. The van der Waals surface area contributed by atoms with Crippen molar-refractivity contribution in [2.45, 2.75) is 26.3 Å². The van der Waals surface area contributed by atoms with E-state index < -0.39 is 0 Å². The van der Waals surface area contributed by atoms with Gasteiger partial charge in [0.05, 0.1) is 0 Å². The lowest BCUT2D eigenvalue weighted by Gasteiger charge is -2.39. The van der Waals surface area contributed by atoms with E-state index in [9.17, 15) is 0 Å². The molecule has 0 spiro atoms. The third-order valence-electron chi connectivity index (χ3n) is 4.70. The van der Waals surface area contributed by atoms with E-state index in [0.29, 0.717) is 5.92 Å². The maximum absolute atomic E-state index is 2.53. The first-order chi connectivity index (χ1) is 10.8. The minimum absolute atomic E-state index is 0.703. The van der Waals surface area contributed by atoms with Gasteiger partial charge in [0.25, 0.3) is 0 Å². The van der Waals surface area contributed by atoms with Gasteiger partial charge in [-0.25, -0.2) is 0 Å². The van der Waals surface area contributed by atoms with Crippen molar-refractivity contribution in [3.8, 4) is 0 Å². The van der Waals surface area contributed by atoms with Gasteiger partial charge in [0.15, 0.2) is 0 Å². The van der Waals surface area contributed by atoms with Crippen LogP contribution in [0.15, 0.2) is 54.6 Å². The Morgan fingerprint density at radius 2 is 1.55 bits per heavy atom. The average Bonchev–Trinajstić information content (AvgIpc) is 2.54. The molecular weight excluding hydrogens is 268 g/mol. The summed E-state index contributed by atoms with van der Waals surface area (Å²) < 4.78 is 0. The highest BCUT2D eigenvalue weighted by molar-refractivity contribution is 5.48. The number of anilines is 1. The lowest BCUT2D eigenvalue weighted by atomic mass is 9.91. The summed E-state index contributed by atoms with van der Waals surface area (Å²) in [5.74, 6) is 0.703. The van der Waals surface area contributed by atoms with E-state index in [1.807, 2.05) is 0 Å². The molecule has 3 rings (SSSR count).